The fourth-order valence-electron chi connectivity index (χ4n) is 3.30. The molecule has 0 aliphatic carbocycles. The van der Waals surface area contributed by atoms with Gasteiger partial charge in [0.25, 0.3) is 5.91 Å². The van der Waals surface area contributed by atoms with Crippen molar-refractivity contribution < 1.29 is 14.1 Å². The second-order valence-electron chi connectivity index (χ2n) is 6.83. The molecule has 7 heteroatoms. The molecule has 4 rings (SSSR count). The molecule has 1 unspecified atom stereocenters. The van der Waals surface area contributed by atoms with Gasteiger partial charge in [-0.2, -0.15) is 0 Å². The van der Waals surface area contributed by atoms with Crippen molar-refractivity contribution in [2.45, 2.75) is 13.0 Å². The molecule has 6 nitrogen and oxygen atoms in total. The minimum Gasteiger partial charge on any atom is -0.379 e. The van der Waals surface area contributed by atoms with Crippen LogP contribution in [0.3, 0.4) is 0 Å². The zero-order valence-electron chi connectivity index (χ0n) is 15.8. The van der Waals surface area contributed by atoms with Crippen molar-refractivity contribution in [3.05, 3.63) is 64.0 Å². The van der Waals surface area contributed by atoms with Crippen LogP contribution in [-0.2, 0) is 4.74 Å². The van der Waals surface area contributed by atoms with E-state index in [4.69, 9.17) is 9.26 Å². The number of nitrogens with one attached hydrogen (secondary N) is 1. The Hall–Kier alpha value is -2.48. The summed E-state index contributed by atoms with van der Waals surface area (Å²) in [7, 11) is 0. The summed E-state index contributed by atoms with van der Waals surface area (Å²) in [5, 5.41) is 9.04. The van der Waals surface area contributed by atoms with Gasteiger partial charge in [0.2, 0.25) is 0 Å². The number of nitrogens with zero attached hydrogens (tertiary/aromatic N) is 2. The number of morpholine rings is 1. The number of aryl methyl sites for hydroxylation is 1. The molecule has 1 atom stereocenters. The van der Waals surface area contributed by atoms with Crippen molar-refractivity contribution in [2.75, 3.05) is 32.8 Å². The highest BCUT2D eigenvalue weighted by Gasteiger charge is 2.24. The van der Waals surface area contributed by atoms with E-state index in [0.717, 1.165) is 31.9 Å². The lowest BCUT2D eigenvalue weighted by atomic mass is 10.1. The topological polar surface area (TPSA) is 67.6 Å². The number of carbonyl (C=O) groups excluding carboxylic acids is 1. The Morgan fingerprint density at radius 2 is 2.04 bits per heavy atom. The molecule has 0 radical (unpaired) electrons. The molecule has 3 heterocycles. The van der Waals surface area contributed by atoms with Crippen molar-refractivity contribution in [1.29, 1.82) is 0 Å². The van der Waals surface area contributed by atoms with Crippen LogP contribution in [0.4, 0.5) is 0 Å². The Labute approximate surface area is 168 Å². The van der Waals surface area contributed by atoms with E-state index in [0.29, 0.717) is 18.0 Å². The SMILES string of the molecule is Cc1ccc(-c2cc(C(=O)NCC(c3cccs3)N3CCOCC3)no2)cc1. The molecular formula is C21H23N3O3S. The first kappa shape index (κ1) is 18.9. The fourth-order valence-corrected chi connectivity index (χ4v) is 4.16. The van der Waals surface area contributed by atoms with Gasteiger partial charge in [0.15, 0.2) is 11.5 Å². The van der Waals surface area contributed by atoms with Gasteiger partial charge in [-0.05, 0) is 18.4 Å². The van der Waals surface area contributed by atoms with Crippen LogP contribution in [0.5, 0.6) is 0 Å². The van der Waals surface area contributed by atoms with E-state index in [9.17, 15) is 4.79 Å². The number of thiophene rings is 1. The third-order valence-corrected chi connectivity index (χ3v) is 5.87. The summed E-state index contributed by atoms with van der Waals surface area (Å²) in [5.74, 6) is 0.366. The highest BCUT2D eigenvalue weighted by molar-refractivity contribution is 7.10. The minimum absolute atomic E-state index is 0.135. The smallest absolute Gasteiger partial charge is 0.273 e. The Morgan fingerprint density at radius 3 is 2.75 bits per heavy atom. The largest absolute Gasteiger partial charge is 0.379 e. The molecule has 1 aromatic carbocycles. The number of hydrogen-bond acceptors (Lipinski definition) is 6. The molecule has 1 aliphatic rings. The first-order valence-electron chi connectivity index (χ1n) is 9.38. The van der Waals surface area contributed by atoms with Crippen molar-refractivity contribution in [3.8, 4) is 11.3 Å². The molecular weight excluding hydrogens is 374 g/mol. The number of carbonyl (C=O) groups is 1. The maximum atomic E-state index is 12.6. The molecule has 0 bridgehead atoms. The Balaban J connectivity index is 1.43. The van der Waals surface area contributed by atoms with Crippen LogP contribution in [0.1, 0.15) is 27.0 Å². The maximum Gasteiger partial charge on any atom is 0.273 e. The molecule has 146 valence electrons. The lowest BCUT2D eigenvalue weighted by Crippen LogP contribution is -2.43. The van der Waals surface area contributed by atoms with Gasteiger partial charge in [0.05, 0.1) is 19.3 Å². The molecule has 1 N–H and O–H groups in total. The molecule has 1 amide bonds. The second kappa shape index (κ2) is 8.68. The number of amides is 1. The monoisotopic (exact) mass is 397 g/mol. The number of rotatable bonds is 6. The summed E-state index contributed by atoms with van der Waals surface area (Å²) in [6.45, 7) is 5.71. The van der Waals surface area contributed by atoms with E-state index in [1.165, 1.54) is 10.4 Å². The van der Waals surface area contributed by atoms with Gasteiger partial charge in [-0.3, -0.25) is 9.69 Å². The molecule has 3 aromatic rings. The predicted octanol–water partition coefficient (Wildman–Crippen LogP) is 3.51. The average molecular weight is 398 g/mol. The van der Waals surface area contributed by atoms with Gasteiger partial charge in [0.1, 0.15) is 0 Å². The average Bonchev–Trinajstić information content (AvgIpc) is 3.42. The first-order valence-corrected chi connectivity index (χ1v) is 10.3. The molecule has 0 saturated carbocycles. The van der Waals surface area contributed by atoms with Gasteiger partial charge in [0, 0.05) is 36.1 Å². The molecule has 1 saturated heterocycles. The van der Waals surface area contributed by atoms with Gasteiger partial charge < -0.3 is 14.6 Å². The minimum atomic E-state index is -0.225. The summed E-state index contributed by atoms with van der Waals surface area (Å²) in [6.07, 6.45) is 0. The van der Waals surface area contributed by atoms with Crippen LogP contribution in [0.2, 0.25) is 0 Å². The quantitative estimate of drug-likeness (QED) is 0.689. The summed E-state index contributed by atoms with van der Waals surface area (Å²) < 4.78 is 10.8. The van der Waals surface area contributed by atoms with E-state index in [1.54, 1.807) is 17.4 Å². The lowest BCUT2D eigenvalue weighted by Gasteiger charge is -2.34. The van der Waals surface area contributed by atoms with Gasteiger partial charge in [-0.15, -0.1) is 11.3 Å². The van der Waals surface area contributed by atoms with Gasteiger partial charge in [-0.1, -0.05) is 41.1 Å². The number of aromatic nitrogens is 1. The lowest BCUT2D eigenvalue weighted by molar-refractivity contribution is 0.0169. The third-order valence-electron chi connectivity index (χ3n) is 4.89. The van der Waals surface area contributed by atoms with E-state index in [2.05, 4.69) is 26.8 Å². The standard InChI is InChI=1S/C21H23N3O3S/c1-15-4-6-16(7-5-15)19-13-17(23-27-19)21(25)22-14-18(20-3-2-12-28-20)24-8-10-26-11-9-24/h2-7,12-13,18H,8-11,14H2,1H3,(H,22,25). The molecule has 1 aliphatic heterocycles. The van der Waals surface area contributed by atoms with E-state index >= 15 is 0 Å². The van der Waals surface area contributed by atoms with Crippen molar-refractivity contribution in [2.24, 2.45) is 0 Å². The van der Waals surface area contributed by atoms with Gasteiger partial charge >= 0.3 is 0 Å². The molecule has 28 heavy (non-hydrogen) atoms. The zero-order chi connectivity index (χ0) is 19.3. The number of ether oxygens (including phenoxy) is 1. The normalized spacial score (nSPS) is 16.0. The molecule has 1 fully saturated rings. The van der Waals surface area contributed by atoms with Crippen LogP contribution < -0.4 is 5.32 Å². The predicted molar refractivity (Wildman–Crippen MR) is 108 cm³/mol. The van der Waals surface area contributed by atoms with Gasteiger partial charge in [-0.25, -0.2) is 0 Å². The molecule has 2 aromatic heterocycles. The third kappa shape index (κ3) is 4.32. The Bertz CT molecular complexity index is 899. The fraction of sp³-hybridized carbons (Fsp3) is 0.333. The van der Waals surface area contributed by atoms with E-state index < -0.39 is 0 Å². The number of hydrogen-bond donors (Lipinski definition) is 1. The summed E-state index contributed by atoms with van der Waals surface area (Å²) >= 11 is 1.71. The molecule has 0 spiro atoms. The summed E-state index contributed by atoms with van der Waals surface area (Å²) in [4.78, 5) is 16.2. The highest BCUT2D eigenvalue weighted by atomic mass is 32.1. The maximum absolute atomic E-state index is 12.6. The van der Waals surface area contributed by atoms with Crippen molar-refractivity contribution in [3.63, 3.8) is 0 Å². The second-order valence-corrected chi connectivity index (χ2v) is 7.81. The number of benzene rings is 1. The van der Waals surface area contributed by atoms with E-state index in [1.807, 2.05) is 37.3 Å². The van der Waals surface area contributed by atoms with Crippen LogP contribution in [0.15, 0.2) is 52.4 Å². The summed E-state index contributed by atoms with van der Waals surface area (Å²) in [5.41, 5.74) is 2.37. The van der Waals surface area contributed by atoms with Crippen molar-refractivity contribution in [1.82, 2.24) is 15.4 Å². The zero-order valence-corrected chi connectivity index (χ0v) is 16.6. The van der Waals surface area contributed by atoms with E-state index in [-0.39, 0.29) is 11.9 Å². The Morgan fingerprint density at radius 1 is 1.25 bits per heavy atom. The van der Waals surface area contributed by atoms with Crippen LogP contribution in [0, 0.1) is 6.92 Å². The highest BCUT2D eigenvalue weighted by Crippen LogP contribution is 2.26. The van der Waals surface area contributed by atoms with Crippen LogP contribution in [0.25, 0.3) is 11.3 Å². The van der Waals surface area contributed by atoms with Crippen LogP contribution >= 0.6 is 11.3 Å². The Kier molecular flexibility index (Phi) is 5.85. The van der Waals surface area contributed by atoms with Crippen LogP contribution in [-0.4, -0.2) is 48.8 Å². The first-order chi connectivity index (χ1) is 13.7. The summed E-state index contributed by atoms with van der Waals surface area (Å²) in [6, 6.07) is 13.9. The van der Waals surface area contributed by atoms with Crippen molar-refractivity contribution >= 4 is 17.2 Å².